The molecule has 1 atom stereocenters. The van der Waals surface area contributed by atoms with E-state index in [1.165, 1.54) is 19.0 Å². The molecule has 5 nitrogen and oxygen atoms in total. The molecular weight excluding hydrogens is 326 g/mol. The van der Waals surface area contributed by atoms with Gasteiger partial charge in [-0.05, 0) is 38.0 Å². The minimum atomic E-state index is -0.234. The van der Waals surface area contributed by atoms with Gasteiger partial charge in [0.1, 0.15) is 5.56 Å². The number of aromatic nitrogens is 1. The average molecular weight is 346 g/mol. The second-order valence-electron chi connectivity index (χ2n) is 6.80. The van der Waals surface area contributed by atoms with Gasteiger partial charge in [0.05, 0.1) is 5.52 Å². The predicted octanol–water partition coefficient (Wildman–Crippen LogP) is 2.49. The van der Waals surface area contributed by atoms with E-state index in [2.05, 4.69) is 16.8 Å². The number of halogens is 1. The Morgan fingerprint density at radius 3 is 2.79 bits per heavy atom. The number of hydrogen-bond acceptors (Lipinski definition) is 3. The van der Waals surface area contributed by atoms with Crippen LogP contribution in [-0.2, 0) is 0 Å². The number of hydrogen-bond donors (Lipinski definition) is 1. The monoisotopic (exact) mass is 345 g/mol. The summed E-state index contributed by atoms with van der Waals surface area (Å²) in [6.45, 7) is 4.51. The molecule has 0 bridgehead atoms. The largest absolute Gasteiger partial charge is 0.360 e. The van der Waals surface area contributed by atoms with E-state index in [1.807, 2.05) is 4.90 Å². The second-order valence-corrected chi connectivity index (χ2v) is 7.23. The zero-order chi connectivity index (χ0) is 16.8. The number of pyridine rings is 1. The van der Waals surface area contributed by atoms with Crippen molar-refractivity contribution < 1.29 is 4.79 Å². The first kappa shape index (κ1) is 15.7. The predicted molar refractivity (Wildman–Crippen MR) is 94.7 cm³/mol. The molecule has 1 aromatic heterocycles. The number of rotatable bonds is 2. The quantitative estimate of drug-likeness (QED) is 0.909. The van der Waals surface area contributed by atoms with E-state index in [4.69, 9.17) is 11.6 Å². The van der Waals surface area contributed by atoms with Gasteiger partial charge >= 0.3 is 0 Å². The number of aromatic amines is 1. The third-order valence-corrected chi connectivity index (χ3v) is 5.29. The Bertz CT molecular complexity index is 859. The fourth-order valence-corrected chi connectivity index (χ4v) is 3.74. The van der Waals surface area contributed by atoms with Crippen LogP contribution in [0.15, 0.2) is 29.2 Å². The molecule has 2 aromatic rings. The molecule has 4 rings (SSSR count). The molecule has 1 saturated carbocycles. The summed E-state index contributed by atoms with van der Waals surface area (Å²) in [5.41, 5.74) is 0.620. The molecule has 1 saturated heterocycles. The van der Waals surface area contributed by atoms with Crippen molar-refractivity contribution in [1.82, 2.24) is 14.8 Å². The van der Waals surface area contributed by atoms with Crippen LogP contribution < -0.4 is 5.43 Å². The smallest absolute Gasteiger partial charge is 0.259 e. The molecule has 1 aliphatic heterocycles. The van der Waals surface area contributed by atoms with Gasteiger partial charge in [-0.3, -0.25) is 14.5 Å². The molecule has 1 N–H and O–H groups in total. The number of carbonyl (C=O) groups excluding carboxylic acids is 1. The Balaban J connectivity index is 1.62. The molecular formula is C18H20ClN3O2. The molecule has 2 aliphatic rings. The summed E-state index contributed by atoms with van der Waals surface area (Å²) in [6, 6.07) is 5.86. The minimum absolute atomic E-state index is 0.118. The molecule has 1 unspecified atom stereocenters. The van der Waals surface area contributed by atoms with Gasteiger partial charge in [-0.1, -0.05) is 11.6 Å². The normalized spacial score (nSPS) is 22.1. The van der Waals surface area contributed by atoms with Crippen LogP contribution in [-0.4, -0.2) is 52.4 Å². The van der Waals surface area contributed by atoms with Gasteiger partial charge in [-0.25, -0.2) is 0 Å². The Hall–Kier alpha value is -1.85. The number of amides is 1. The topological polar surface area (TPSA) is 56.4 Å². The maximum atomic E-state index is 12.9. The van der Waals surface area contributed by atoms with Gasteiger partial charge in [0.2, 0.25) is 5.43 Å². The van der Waals surface area contributed by atoms with Crippen molar-refractivity contribution in [3.63, 3.8) is 0 Å². The van der Waals surface area contributed by atoms with E-state index < -0.39 is 0 Å². The van der Waals surface area contributed by atoms with E-state index >= 15 is 0 Å². The van der Waals surface area contributed by atoms with Crippen LogP contribution in [0.4, 0.5) is 0 Å². The summed E-state index contributed by atoms with van der Waals surface area (Å²) in [5, 5.41) is 1.05. The van der Waals surface area contributed by atoms with Gasteiger partial charge < -0.3 is 9.88 Å². The summed E-state index contributed by atoms with van der Waals surface area (Å²) >= 11 is 5.96. The van der Waals surface area contributed by atoms with E-state index in [0.717, 1.165) is 13.1 Å². The standard InChI is InChI=1S/C18H20ClN3O2/c1-11-10-21(13-3-4-13)6-7-22(11)18(24)15-9-20-16-8-12(19)2-5-14(16)17(15)23/h2,5,8-9,11,13H,3-4,6-7,10H2,1H3,(H,20,23). The third-order valence-electron chi connectivity index (χ3n) is 5.06. The van der Waals surface area contributed by atoms with Gasteiger partial charge in [-0.2, -0.15) is 0 Å². The van der Waals surface area contributed by atoms with E-state index in [0.29, 0.717) is 28.5 Å². The number of nitrogens with zero attached hydrogens (tertiary/aromatic N) is 2. The molecule has 1 aliphatic carbocycles. The van der Waals surface area contributed by atoms with Crippen molar-refractivity contribution in [2.45, 2.75) is 31.8 Å². The molecule has 2 heterocycles. The van der Waals surface area contributed by atoms with Crippen molar-refractivity contribution >= 4 is 28.4 Å². The maximum Gasteiger partial charge on any atom is 0.259 e. The van der Waals surface area contributed by atoms with Crippen LogP contribution in [0.3, 0.4) is 0 Å². The lowest BCUT2D eigenvalue weighted by atomic mass is 10.1. The lowest BCUT2D eigenvalue weighted by molar-refractivity contribution is 0.0472. The first-order chi connectivity index (χ1) is 11.5. The molecule has 0 spiro atoms. The number of piperazine rings is 1. The zero-order valence-corrected chi connectivity index (χ0v) is 14.3. The molecule has 1 amide bonds. The van der Waals surface area contributed by atoms with Crippen LogP contribution in [0.5, 0.6) is 0 Å². The highest BCUT2D eigenvalue weighted by molar-refractivity contribution is 6.31. The van der Waals surface area contributed by atoms with E-state index in [1.54, 1.807) is 18.2 Å². The lowest BCUT2D eigenvalue weighted by Gasteiger charge is -2.40. The molecule has 0 radical (unpaired) electrons. The van der Waals surface area contributed by atoms with Crippen molar-refractivity contribution in [3.8, 4) is 0 Å². The van der Waals surface area contributed by atoms with Gasteiger partial charge in [0, 0.05) is 48.3 Å². The zero-order valence-electron chi connectivity index (χ0n) is 13.6. The fourth-order valence-electron chi connectivity index (χ4n) is 3.57. The highest BCUT2D eigenvalue weighted by Gasteiger charge is 2.36. The van der Waals surface area contributed by atoms with Crippen molar-refractivity contribution in [2.75, 3.05) is 19.6 Å². The van der Waals surface area contributed by atoms with Crippen LogP contribution in [0.2, 0.25) is 5.02 Å². The SMILES string of the molecule is CC1CN(C2CC2)CCN1C(=O)c1c[nH]c2cc(Cl)ccc2c1=O. The summed E-state index contributed by atoms with van der Waals surface area (Å²) in [4.78, 5) is 32.9. The third kappa shape index (κ3) is 2.72. The average Bonchev–Trinajstić information content (AvgIpc) is 3.39. The number of fused-ring (bicyclic) bond motifs is 1. The summed E-state index contributed by atoms with van der Waals surface area (Å²) in [7, 11) is 0. The van der Waals surface area contributed by atoms with Crippen LogP contribution in [0.25, 0.3) is 10.9 Å². The summed E-state index contributed by atoms with van der Waals surface area (Å²) in [5.74, 6) is -0.184. The first-order valence-electron chi connectivity index (χ1n) is 8.40. The maximum absolute atomic E-state index is 12.9. The van der Waals surface area contributed by atoms with E-state index in [-0.39, 0.29) is 22.9 Å². The van der Waals surface area contributed by atoms with Crippen LogP contribution in [0, 0.1) is 0 Å². The van der Waals surface area contributed by atoms with Crippen molar-refractivity contribution in [1.29, 1.82) is 0 Å². The Morgan fingerprint density at radius 1 is 1.29 bits per heavy atom. The Morgan fingerprint density at radius 2 is 2.08 bits per heavy atom. The minimum Gasteiger partial charge on any atom is -0.360 e. The highest BCUT2D eigenvalue weighted by Crippen LogP contribution is 2.29. The van der Waals surface area contributed by atoms with Crippen LogP contribution in [0.1, 0.15) is 30.1 Å². The molecule has 2 fully saturated rings. The fraction of sp³-hybridized carbons (Fsp3) is 0.444. The van der Waals surface area contributed by atoms with Crippen molar-refractivity contribution in [3.05, 3.63) is 45.2 Å². The van der Waals surface area contributed by atoms with E-state index in [9.17, 15) is 9.59 Å². The Kier molecular flexibility index (Phi) is 3.85. The van der Waals surface area contributed by atoms with Gasteiger partial charge in [-0.15, -0.1) is 0 Å². The van der Waals surface area contributed by atoms with Gasteiger partial charge in [0.15, 0.2) is 0 Å². The molecule has 1 aromatic carbocycles. The van der Waals surface area contributed by atoms with Crippen LogP contribution >= 0.6 is 11.6 Å². The lowest BCUT2D eigenvalue weighted by Crippen LogP contribution is -2.55. The highest BCUT2D eigenvalue weighted by atomic mass is 35.5. The number of carbonyl (C=O) groups is 1. The Labute approximate surface area is 145 Å². The summed E-state index contributed by atoms with van der Waals surface area (Å²) < 4.78 is 0. The summed E-state index contributed by atoms with van der Waals surface area (Å²) in [6.07, 6.45) is 4.06. The number of H-pyrrole nitrogens is 1. The second kappa shape index (κ2) is 5.90. The molecule has 6 heteroatoms. The van der Waals surface area contributed by atoms with Crippen molar-refractivity contribution in [2.24, 2.45) is 0 Å². The first-order valence-corrected chi connectivity index (χ1v) is 8.78. The molecule has 126 valence electrons. The number of nitrogens with one attached hydrogen (secondary N) is 1. The number of benzene rings is 1. The molecule has 24 heavy (non-hydrogen) atoms. The van der Waals surface area contributed by atoms with Gasteiger partial charge in [0.25, 0.3) is 5.91 Å².